The van der Waals surface area contributed by atoms with E-state index in [0.29, 0.717) is 0 Å². The number of nitrogens with one attached hydrogen (secondary N) is 1. The number of piperazine rings is 1. The Kier molecular flexibility index (Phi) is 7.73. The van der Waals surface area contributed by atoms with E-state index in [9.17, 15) is 4.79 Å². The molecule has 1 aromatic rings. The van der Waals surface area contributed by atoms with Crippen LogP contribution in [0.25, 0.3) is 0 Å². The van der Waals surface area contributed by atoms with Crippen molar-refractivity contribution in [3.63, 3.8) is 0 Å². The first kappa shape index (κ1) is 18.9. The van der Waals surface area contributed by atoms with Gasteiger partial charge in [0.1, 0.15) is 0 Å². The Morgan fingerprint density at radius 3 is 2.46 bits per heavy atom. The number of rotatable bonds is 8. The Bertz CT molecular complexity index is 492. The quantitative estimate of drug-likeness (QED) is 0.794. The van der Waals surface area contributed by atoms with Gasteiger partial charge in [0.2, 0.25) is 5.91 Å². The van der Waals surface area contributed by atoms with Crippen molar-refractivity contribution in [3.8, 4) is 0 Å². The maximum Gasteiger partial charge on any atom is 0.227 e. The molecule has 2 rings (SSSR count). The number of likely N-dealkylation sites (N-methyl/N-ethyl adjacent to an activating group) is 1. The zero-order valence-corrected chi connectivity index (χ0v) is 15.6. The lowest BCUT2D eigenvalue weighted by atomic mass is 10.0. The lowest BCUT2D eigenvalue weighted by Gasteiger charge is -2.32. The summed E-state index contributed by atoms with van der Waals surface area (Å²) in [5.74, 6) is 0.218. The summed E-state index contributed by atoms with van der Waals surface area (Å²) in [7, 11) is 2.19. The summed E-state index contributed by atoms with van der Waals surface area (Å²) in [6.45, 7) is 9.96. The molecule has 0 bridgehead atoms. The molecule has 1 N–H and O–H groups in total. The van der Waals surface area contributed by atoms with Crippen molar-refractivity contribution in [2.24, 2.45) is 5.92 Å². The minimum Gasteiger partial charge on any atom is -0.326 e. The Balaban J connectivity index is 1.75. The molecule has 4 nitrogen and oxygen atoms in total. The van der Waals surface area contributed by atoms with Gasteiger partial charge in [-0.1, -0.05) is 38.8 Å². The lowest BCUT2D eigenvalue weighted by Crippen LogP contribution is -2.45. The van der Waals surface area contributed by atoms with E-state index in [2.05, 4.69) is 41.2 Å². The molecule has 1 atom stereocenters. The maximum atomic E-state index is 12.1. The van der Waals surface area contributed by atoms with Gasteiger partial charge in [-0.05, 0) is 37.6 Å². The summed E-state index contributed by atoms with van der Waals surface area (Å²) >= 11 is 0. The zero-order chi connectivity index (χ0) is 17.4. The average Bonchev–Trinajstić information content (AvgIpc) is 2.60. The van der Waals surface area contributed by atoms with Crippen molar-refractivity contribution in [1.29, 1.82) is 0 Å². The van der Waals surface area contributed by atoms with Crippen LogP contribution in [0.4, 0.5) is 5.69 Å². The molecule has 1 aliphatic heterocycles. The van der Waals surface area contributed by atoms with Crippen LogP contribution in [0.3, 0.4) is 0 Å². The summed E-state index contributed by atoms with van der Waals surface area (Å²) in [5.41, 5.74) is 2.25. The Morgan fingerprint density at radius 2 is 1.83 bits per heavy atom. The van der Waals surface area contributed by atoms with Gasteiger partial charge in [0.15, 0.2) is 0 Å². The number of unbranched alkanes of at least 4 members (excludes halogenated alkanes) is 1. The predicted octanol–water partition coefficient (Wildman–Crippen LogP) is 3.24. The third-order valence-electron chi connectivity index (χ3n) is 4.97. The Hall–Kier alpha value is -1.39. The number of nitrogens with zero attached hydrogens (tertiary/aromatic N) is 2. The topological polar surface area (TPSA) is 35.6 Å². The van der Waals surface area contributed by atoms with Gasteiger partial charge in [-0.15, -0.1) is 0 Å². The van der Waals surface area contributed by atoms with Crippen LogP contribution in [0.15, 0.2) is 24.3 Å². The van der Waals surface area contributed by atoms with Crippen molar-refractivity contribution in [1.82, 2.24) is 9.80 Å². The van der Waals surface area contributed by atoms with Crippen LogP contribution < -0.4 is 5.32 Å². The van der Waals surface area contributed by atoms with Gasteiger partial charge in [-0.2, -0.15) is 0 Å². The van der Waals surface area contributed by atoms with Crippen molar-refractivity contribution in [3.05, 3.63) is 29.8 Å². The summed E-state index contributed by atoms with van der Waals surface area (Å²) in [6, 6.07) is 8.35. The maximum absolute atomic E-state index is 12.1. The minimum absolute atomic E-state index is 0.0851. The third-order valence-corrected chi connectivity index (χ3v) is 4.97. The highest BCUT2D eigenvalue weighted by Crippen LogP contribution is 2.14. The molecular formula is C20H33N3O. The van der Waals surface area contributed by atoms with E-state index in [1.54, 1.807) is 0 Å². The Labute approximate surface area is 147 Å². The molecule has 0 aliphatic carbocycles. The normalized spacial score (nSPS) is 17.6. The molecule has 1 amide bonds. The van der Waals surface area contributed by atoms with Gasteiger partial charge >= 0.3 is 0 Å². The molecule has 1 heterocycles. The standard InChI is InChI=1S/C20H33N3O/c1-4-5-6-17(2)20(24)21-19-9-7-18(8-10-19)11-12-23-15-13-22(3)14-16-23/h7-10,17H,4-6,11-16H2,1-3H3,(H,21,24). The van der Waals surface area contributed by atoms with Crippen LogP contribution in [0.5, 0.6) is 0 Å². The molecule has 0 aromatic heterocycles. The molecule has 24 heavy (non-hydrogen) atoms. The van der Waals surface area contributed by atoms with Gasteiger partial charge < -0.3 is 15.1 Å². The predicted molar refractivity (Wildman–Crippen MR) is 101 cm³/mol. The molecule has 0 radical (unpaired) electrons. The molecule has 0 spiro atoms. The zero-order valence-electron chi connectivity index (χ0n) is 15.6. The van der Waals surface area contributed by atoms with E-state index in [1.807, 2.05) is 19.1 Å². The lowest BCUT2D eigenvalue weighted by molar-refractivity contribution is -0.119. The molecule has 1 saturated heterocycles. The number of anilines is 1. The molecule has 1 fully saturated rings. The second-order valence-corrected chi connectivity index (χ2v) is 7.12. The van der Waals surface area contributed by atoms with E-state index in [0.717, 1.165) is 37.9 Å². The van der Waals surface area contributed by atoms with Gasteiger partial charge in [0.05, 0.1) is 0 Å². The number of hydrogen-bond donors (Lipinski definition) is 1. The smallest absolute Gasteiger partial charge is 0.227 e. The first-order valence-electron chi connectivity index (χ1n) is 9.39. The van der Waals surface area contributed by atoms with E-state index in [4.69, 9.17) is 0 Å². The molecule has 1 aromatic carbocycles. The van der Waals surface area contributed by atoms with Crippen molar-refractivity contribution in [2.75, 3.05) is 45.1 Å². The summed E-state index contributed by atoms with van der Waals surface area (Å²) < 4.78 is 0. The van der Waals surface area contributed by atoms with Crippen molar-refractivity contribution >= 4 is 11.6 Å². The number of benzene rings is 1. The fourth-order valence-corrected chi connectivity index (χ4v) is 3.02. The highest BCUT2D eigenvalue weighted by Gasteiger charge is 2.14. The van der Waals surface area contributed by atoms with E-state index >= 15 is 0 Å². The summed E-state index contributed by atoms with van der Waals surface area (Å²) in [4.78, 5) is 17.1. The van der Waals surface area contributed by atoms with Crippen molar-refractivity contribution < 1.29 is 4.79 Å². The SMILES string of the molecule is CCCCC(C)C(=O)Nc1ccc(CCN2CCN(C)CC2)cc1. The monoisotopic (exact) mass is 331 g/mol. The van der Waals surface area contributed by atoms with Gasteiger partial charge in [-0.25, -0.2) is 0 Å². The number of carbonyl (C=O) groups excluding carboxylic acids is 1. The highest BCUT2D eigenvalue weighted by atomic mass is 16.1. The molecule has 1 aliphatic rings. The molecule has 1 unspecified atom stereocenters. The molecule has 134 valence electrons. The van der Waals surface area contributed by atoms with Gasteiger partial charge in [-0.3, -0.25) is 4.79 Å². The second kappa shape index (κ2) is 9.80. The fraction of sp³-hybridized carbons (Fsp3) is 0.650. The number of hydrogen-bond acceptors (Lipinski definition) is 3. The largest absolute Gasteiger partial charge is 0.326 e. The van der Waals surface area contributed by atoms with Crippen LogP contribution in [0.1, 0.15) is 38.7 Å². The van der Waals surface area contributed by atoms with E-state index < -0.39 is 0 Å². The van der Waals surface area contributed by atoms with Crippen LogP contribution in [-0.4, -0.2) is 55.5 Å². The number of carbonyl (C=O) groups is 1. The second-order valence-electron chi connectivity index (χ2n) is 7.12. The molecule has 0 saturated carbocycles. The fourth-order valence-electron chi connectivity index (χ4n) is 3.02. The van der Waals surface area contributed by atoms with E-state index in [1.165, 1.54) is 31.7 Å². The van der Waals surface area contributed by atoms with Crippen LogP contribution in [0, 0.1) is 5.92 Å². The molecule has 4 heteroatoms. The van der Waals surface area contributed by atoms with Gasteiger partial charge in [0, 0.05) is 44.3 Å². The van der Waals surface area contributed by atoms with Crippen molar-refractivity contribution in [2.45, 2.75) is 39.5 Å². The number of amides is 1. The average molecular weight is 332 g/mol. The molecular weight excluding hydrogens is 298 g/mol. The summed E-state index contributed by atoms with van der Waals surface area (Å²) in [5, 5.41) is 3.03. The first-order valence-corrected chi connectivity index (χ1v) is 9.39. The summed E-state index contributed by atoms with van der Waals surface area (Å²) in [6.07, 6.45) is 4.29. The van der Waals surface area contributed by atoms with E-state index in [-0.39, 0.29) is 11.8 Å². The third kappa shape index (κ3) is 6.25. The highest BCUT2D eigenvalue weighted by molar-refractivity contribution is 5.92. The Morgan fingerprint density at radius 1 is 1.17 bits per heavy atom. The van der Waals surface area contributed by atoms with Crippen LogP contribution in [-0.2, 0) is 11.2 Å². The minimum atomic E-state index is 0.0851. The van der Waals surface area contributed by atoms with Gasteiger partial charge in [0.25, 0.3) is 0 Å². The van der Waals surface area contributed by atoms with Crippen LogP contribution in [0.2, 0.25) is 0 Å². The first-order chi connectivity index (χ1) is 11.6. The van der Waals surface area contributed by atoms with Crippen LogP contribution >= 0.6 is 0 Å².